The number of nitrogens with one attached hydrogen (secondary N) is 1. The van der Waals surface area contributed by atoms with Crippen molar-refractivity contribution < 1.29 is 23.4 Å². The van der Waals surface area contributed by atoms with Gasteiger partial charge in [0.1, 0.15) is 18.2 Å². The van der Waals surface area contributed by atoms with E-state index in [1.807, 2.05) is 37.3 Å². The van der Waals surface area contributed by atoms with E-state index in [9.17, 15) is 9.18 Å². The van der Waals surface area contributed by atoms with Crippen LogP contribution in [0.15, 0.2) is 76.6 Å². The van der Waals surface area contributed by atoms with Gasteiger partial charge in [-0.05, 0) is 72.8 Å². The molecule has 0 bridgehead atoms. The molecule has 0 unspecified atom stereocenters. The summed E-state index contributed by atoms with van der Waals surface area (Å²) >= 11 is 1.26. The van der Waals surface area contributed by atoms with Crippen LogP contribution in [0.2, 0.25) is 0 Å². The summed E-state index contributed by atoms with van der Waals surface area (Å²) in [6.07, 6.45) is 1.75. The number of methoxy groups -OCH3 is 1. The number of carbonyl (C=O) groups excluding carboxylic acids is 1. The zero-order valence-corrected chi connectivity index (χ0v) is 19.5. The van der Waals surface area contributed by atoms with Gasteiger partial charge < -0.3 is 19.5 Å². The number of ether oxygens (including phenoxy) is 3. The average Bonchev–Trinajstić information content (AvgIpc) is 3.18. The van der Waals surface area contributed by atoms with Crippen LogP contribution in [0.5, 0.6) is 17.2 Å². The minimum absolute atomic E-state index is 0.0765. The molecule has 8 heteroatoms. The van der Waals surface area contributed by atoms with E-state index in [0.29, 0.717) is 39.4 Å². The van der Waals surface area contributed by atoms with Crippen molar-refractivity contribution in [2.45, 2.75) is 13.5 Å². The number of thioether (sulfide) groups is 1. The Labute approximate surface area is 201 Å². The second-order valence-electron chi connectivity index (χ2n) is 7.20. The van der Waals surface area contributed by atoms with E-state index in [1.54, 1.807) is 36.4 Å². The molecule has 0 aromatic heterocycles. The maximum atomic E-state index is 13.8. The number of hydrogen-bond donors (Lipinski definition) is 1. The van der Waals surface area contributed by atoms with Gasteiger partial charge in [0.15, 0.2) is 16.7 Å². The van der Waals surface area contributed by atoms with Crippen LogP contribution in [0.25, 0.3) is 6.08 Å². The van der Waals surface area contributed by atoms with Gasteiger partial charge in [0.25, 0.3) is 5.91 Å². The van der Waals surface area contributed by atoms with Crippen molar-refractivity contribution in [1.29, 1.82) is 0 Å². The maximum absolute atomic E-state index is 13.8. The van der Waals surface area contributed by atoms with Crippen molar-refractivity contribution in [2.24, 2.45) is 4.99 Å². The fourth-order valence-electron chi connectivity index (χ4n) is 3.20. The van der Waals surface area contributed by atoms with Crippen LogP contribution in [0.4, 0.5) is 10.1 Å². The minimum Gasteiger partial charge on any atom is -0.494 e. The molecular weight excluding hydrogens is 455 g/mol. The van der Waals surface area contributed by atoms with Gasteiger partial charge >= 0.3 is 0 Å². The van der Waals surface area contributed by atoms with Gasteiger partial charge in [0, 0.05) is 5.56 Å². The molecule has 6 nitrogen and oxygen atoms in total. The zero-order valence-electron chi connectivity index (χ0n) is 18.7. The van der Waals surface area contributed by atoms with Gasteiger partial charge in [-0.1, -0.05) is 24.3 Å². The third-order valence-corrected chi connectivity index (χ3v) is 5.77. The highest BCUT2D eigenvalue weighted by Gasteiger charge is 2.24. The van der Waals surface area contributed by atoms with Crippen molar-refractivity contribution in [3.05, 3.63) is 88.6 Å². The number of amidine groups is 1. The molecule has 34 heavy (non-hydrogen) atoms. The van der Waals surface area contributed by atoms with Crippen molar-refractivity contribution in [3.8, 4) is 17.2 Å². The summed E-state index contributed by atoms with van der Waals surface area (Å²) in [5.74, 6) is 1.18. The highest BCUT2D eigenvalue weighted by molar-refractivity contribution is 8.18. The molecule has 3 aromatic carbocycles. The number of amides is 1. The van der Waals surface area contributed by atoms with Crippen LogP contribution < -0.4 is 19.5 Å². The molecule has 1 amide bonds. The molecule has 1 heterocycles. The molecule has 0 saturated carbocycles. The first-order valence-electron chi connectivity index (χ1n) is 10.6. The first kappa shape index (κ1) is 23.4. The summed E-state index contributed by atoms with van der Waals surface area (Å²) in [7, 11) is 1.53. The lowest BCUT2D eigenvalue weighted by molar-refractivity contribution is -0.115. The third-order valence-electron chi connectivity index (χ3n) is 4.86. The number of rotatable bonds is 8. The summed E-state index contributed by atoms with van der Waals surface area (Å²) in [5, 5.41) is 3.28. The average molecular weight is 479 g/mol. The molecule has 1 N–H and O–H groups in total. The molecule has 1 saturated heterocycles. The lowest BCUT2D eigenvalue weighted by atomic mass is 10.2. The molecule has 4 rings (SSSR count). The molecule has 1 fully saturated rings. The Morgan fingerprint density at radius 3 is 2.56 bits per heavy atom. The number of benzene rings is 3. The Kier molecular flexibility index (Phi) is 7.49. The summed E-state index contributed by atoms with van der Waals surface area (Å²) in [4.78, 5) is 17.4. The lowest BCUT2D eigenvalue weighted by Crippen LogP contribution is -2.19. The van der Waals surface area contributed by atoms with Crippen molar-refractivity contribution in [1.82, 2.24) is 5.32 Å². The van der Waals surface area contributed by atoms with E-state index < -0.39 is 0 Å². The Bertz CT molecular complexity index is 1240. The minimum atomic E-state index is -0.324. The smallest absolute Gasteiger partial charge is 0.264 e. The van der Waals surface area contributed by atoms with Crippen LogP contribution in [0, 0.1) is 5.82 Å². The van der Waals surface area contributed by atoms with Gasteiger partial charge in [0.05, 0.1) is 24.3 Å². The van der Waals surface area contributed by atoms with Crippen LogP contribution >= 0.6 is 11.8 Å². The Morgan fingerprint density at radius 2 is 1.82 bits per heavy atom. The van der Waals surface area contributed by atoms with Gasteiger partial charge in [-0.25, -0.2) is 9.38 Å². The number of halogens is 1. The van der Waals surface area contributed by atoms with Gasteiger partial charge in [0.2, 0.25) is 0 Å². The van der Waals surface area contributed by atoms with Crippen molar-refractivity contribution in [3.63, 3.8) is 0 Å². The summed E-state index contributed by atoms with van der Waals surface area (Å²) in [6.45, 7) is 2.60. The van der Waals surface area contributed by atoms with E-state index in [-0.39, 0.29) is 18.3 Å². The molecule has 1 aliphatic rings. The van der Waals surface area contributed by atoms with E-state index >= 15 is 0 Å². The summed E-state index contributed by atoms with van der Waals surface area (Å²) in [5.41, 5.74) is 1.93. The number of hydrogen-bond acceptors (Lipinski definition) is 6. The monoisotopic (exact) mass is 478 g/mol. The first-order chi connectivity index (χ1) is 16.6. The quantitative estimate of drug-likeness (QED) is 0.421. The zero-order chi connectivity index (χ0) is 23.9. The fourth-order valence-corrected chi connectivity index (χ4v) is 4.04. The lowest BCUT2D eigenvalue weighted by Gasteiger charge is -2.12. The predicted molar refractivity (Wildman–Crippen MR) is 132 cm³/mol. The Balaban J connectivity index is 1.46. The molecule has 0 radical (unpaired) electrons. The molecular formula is C26H23FN2O4S. The first-order valence-corrected chi connectivity index (χ1v) is 11.4. The van der Waals surface area contributed by atoms with E-state index in [0.717, 1.165) is 11.3 Å². The standard InChI is InChI=1S/C26H23FN2O4S/c1-3-32-20-11-9-19(10-12-20)28-26-29-25(30)24(34-26)15-17-8-13-22(23(14-17)31-2)33-16-18-6-4-5-7-21(18)27/h4-15H,3,16H2,1-2H3,(H,28,29,30)/b24-15+. The molecule has 0 spiro atoms. The van der Waals surface area contributed by atoms with Crippen molar-refractivity contribution >= 4 is 34.6 Å². The summed E-state index contributed by atoms with van der Waals surface area (Å²) in [6, 6.07) is 19.1. The SMILES string of the molecule is CCOc1ccc(N=C2NC(=O)/C(=C\c3ccc(OCc4ccccc4F)c(OC)c3)S2)cc1. The normalized spacial score (nSPS) is 15.4. The summed E-state index contributed by atoms with van der Waals surface area (Å²) < 4.78 is 30.5. The van der Waals surface area contributed by atoms with Gasteiger partial charge in [-0.3, -0.25) is 4.79 Å². The predicted octanol–water partition coefficient (Wildman–Crippen LogP) is 5.70. The molecule has 1 aliphatic heterocycles. The number of carbonyl (C=O) groups is 1. The second kappa shape index (κ2) is 10.9. The molecule has 174 valence electrons. The molecule has 0 atom stereocenters. The highest BCUT2D eigenvalue weighted by atomic mass is 32.2. The second-order valence-corrected chi connectivity index (χ2v) is 8.23. The molecule has 3 aromatic rings. The van der Waals surface area contributed by atoms with Gasteiger partial charge in [-0.15, -0.1) is 0 Å². The van der Waals surface area contributed by atoms with E-state index in [2.05, 4.69) is 10.3 Å². The highest BCUT2D eigenvalue weighted by Crippen LogP contribution is 2.33. The van der Waals surface area contributed by atoms with Crippen LogP contribution in [0.1, 0.15) is 18.1 Å². The Morgan fingerprint density at radius 1 is 1.03 bits per heavy atom. The van der Waals surface area contributed by atoms with Crippen LogP contribution in [0.3, 0.4) is 0 Å². The topological polar surface area (TPSA) is 69.2 Å². The number of nitrogens with zero attached hydrogens (tertiary/aromatic N) is 1. The number of aliphatic imine (C=N–C) groups is 1. The van der Waals surface area contributed by atoms with Gasteiger partial charge in [-0.2, -0.15) is 0 Å². The Hall–Kier alpha value is -3.78. The largest absolute Gasteiger partial charge is 0.494 e. The van der Waals surface area contributed by atoms with Crippen LogP contribution in [-0.2, 0) is 11.4 Å². The van der Waals surface area contributed by atoms with E-state index in [4.69, 9.17) is 14.2 Å². The van der Waals surface area contributed by atoms with E-state index in [1.165, 1.54) is 24.9 Å². The fraction of sp³-hybridized carbons (Fsp3) is 0.154. The van der Waals surface area contributed by atoms with Crippen molar-refractivity contribution in [2.75, 3.05) is 13.7 Å². The third kappa shape index (κ3) is 5.77. The maximum Gasteiger partial charge on any atom is 0.264 e. The van der Waals surface area contributed by atoms with Crippen LogP contribution in [-0.4, -0.2) is 24.8 Å². The molecule has 0 aliphatic carbocycles.